The highest BCUT2D eigenvalue weighted by Gasteiger charge is 2.36. The molecule has 0 spiro atoms. The summed E-state index contributed by atoms with van der Waals surface area (Å²) < 4.78 is 0. The zero-order chi connectivity index (χ0) is 22.5. The third kappa shape index (κ3) is 5.17. The molecule has 0 unspecified atom stereocenters. The second-order valence-electron chi connectivity index (χ2n) is 7.33. The van der Waals surface area contributed by atoms with E-state index in [0.717, 1.165) is 52.1 Å². The summed E-state index contributed by atoms with van der Waals surface area (Å²) in [6.07, 6.45) is 1.69. The molecule has 0 bridgehead atoms. The van der Waals surface area contributed by atoms with Gasteiger partial charge in [0.25, 0.3) is 11.1 Å². The fourth-order valence-electron chi connectivity index (χ4n) is 3.38. The number of amides is 3. The van der Waals surface area contributed by atoms with E-state index in [1.54, 1.807) is 12.1 Å². The van der Waals surface area contributed by atoms with Crippen molar-refractivity contribution >= 4 is 46.3 Å². The number of rotatable bonds is 7. The number of nitrogens with zero attached hydrogens (tertiary/aromatic N) is 2. The van der Waals surface area contributed by atoms with E-state index in [9.17, 15) is 14.4 Å². The summed E-state index contributed by atoms with van der Waals surface area (Å²) >= 11 is 0.858. The van der Waals surface area contributed by atoms with Gasteiger partial charge in [0.15, 0.2) is 0 Å². The number of benzene rings is 2. The second-order valence-corrected chi connectivity index (χ2v) is 8.32. The Morgan fingerprint density at radius 3 is 2.39 bits per heavy atom. The van der Waals surface area contributed by atoms with Gasteiger partial charge in [0, 0.05) is 24.5 Å². The minimum Gasteiger partial charge on any atom is -0.372 e. The predicted molar refractivity (Wildman–Crippen MR) is 127 cm³/mol. The van der Waals surface area contributed by atoms with Gasteiger partial charge in [-0.3, -0.25) is 19.3 Å². The van der Waals surface area contributed by atoms with Crippen LogP contribution in [0.2, 0.25) is 0 Å². The van der Waals surface area contributed by atoms with Crippen LogP contribution in [0.3, 0.4) is 0 Å². The van der Waals surface area contributed by atoms with Crippen molar-refractivity contribution < 1.29 is 14.4 Å². The maximum atomic E-state index is 12.7. The zero-order valence-corrected chi connectivity index (χ0v) is 19.1. The molecule has 2 aromatic carbocycles. The van der Waals surface area contributed by atoms with Gasteiger partial charge in [-0.25, -0.2) is 0 Å². The molecule has 3 rings (SSSR count). The average molecular weight is 438 g/mol. The first-order valence-corrected chi connectivity index (χ1v) is 11.1. The van der Waals surface area contributed by atoms with Crippen molar-refractivity contribution in [1.29, 1.82) is 0 Å². The highest BCUT2D eigenvalue weighted by atomic mass is 32.2. The van der Waals surface area contributed by atoms with Crippen LogP contribution in [-0.2, 0) is 9.59 Å². The Morgan fingerprint density at radius 2 is 1.74 bits per heavy atom. The van der Waals surface area contributed by atoms with Crippen molar-refractivity contribution in [3.63, 3.8) is 0 Å². The summed E-state index contributed by atoms with van der Waals surface area (Å²) in [7, 11) is 0. The normalized spacial score (nSPS) is 15.0. The molecule has 6 nitrogen and oxygen atoms in total. The van der Waals surface area contributed by atoms with E-state index in [1.165, 1.54) is 0 Å². The van der Waals surface area contributed by atoms with E-state index in [0.29, 0.717) is 10.6 Å². The Morgan fingerprint density at radius 1 is 1.06 bits per heavy atom. The standard InChI is InChI=1S/C24H27N3O3S/c1-5-26(6-2)19-12-10-18(11-13-19)14-21-23(29)27(24(30)31-21)15-22(28)25-20-9-7-8-16(3)17(20)4/h7-14H,5-6,15H2,1-4H3,(H,25,28)/b21-14+. The third-order valence-electron chi connectivity index (χ3n) is 5.37. The van der Waals surface area contributed by atoms with Gasteiger partial charge in [-0.2, -0.15) is 0 Å². The number of imide groups is 1. The Bertz CT molecular complexity index is 1030. The Hall–Kier alpha value is -3.06. The number of thioether (sulfide) groups is 1. The number of hydrogen-bond donors (Lipinski definition) is 1. The molecule has 1 fully saturated rings. The number of carbonyl (C=O) groups excluding carboxylic acids is 3. The molecule has 0 aliphatic carbocycles. The van der Waals surface area contributed by atoms with Crippen LogP contribution in [0.15, 0.2) is 47.4 Å². The topological polar surface area (TPSA) is 69.7 Å². The van der Waals surface area contributed by atoms with Gasteiger partial charge in [-0.1, -0.05) is 24.3 Å². The highest BCUT2D eigenvalue weighted by molar-refractivity contribution is 8.18. The molecular weight excluding hydrogens is 410 g/mol. The first-order chi connectivity index (χ1) is 14.8. The molecule has 1 saturated heterocycles. The van der Waals surface area contributed by atoms with Gasteiger partial charge in [-0.05, 0) is 80.4 Å². The maximum absolute atomic E-state index is 12.7. The SMILES string of the molecule is CCN(CC)c1ccc(/C=C2/SC(=O)N(CC(=O)Nc3cccc(C)c3C)C2=O)cc1. The summed E-state index contributed by atoms with van der Waals surface area (Å²) in [6.45, 7) is 9.60. The largest absolute Gasteiger partial charge is 0.372 e. The predicted octanol–water partition coefficient (Wildman–Crippen LogP) is 4.82. The summed E-state index contributed by atoms with van der Waals surface area (Å²) in [6, 6.07) is 13.5. The van der Waals surface area contributed by atoms with E-state index >= 15 is 0 Å². The molecule has 2 aromatic rings. The monoisotopic (exact) mass is 437 g/mol. The van der Waals surface area contributed by atoms with Crippen LogP contribution in [0.5, 0.6) is 0 Å². The van der Waals surface area contributed by atoms with E-state index < -0.39 is 17.1 Å². The molecule has 1 aliphatic rings. The smallest absolute Gasteiger partial charge is 0.294 e. The molecule has 0 saturated carbocycles. The molecule has 1 aliphatic heterocycles. The summed E-state index contributed by atoms with van der Waals surface area (Å²) in [4.78, 5) is 41.1. The van der Waals surface area contributed by atoms with Crippen LogP contribution in [0.25, 0.3) is 6.08 Å². The van der Waals surface area contributed by atoms with Gasteiger partial charge in [0.05, 0.1) is 4.91 Å². The summed E-state index contributed by atoms with van der Waals surface area (Å²) in [5, 5.41) is 2.36. The molecule has 0 radical (unpaired) electrons. The number of carbonyl (C=O) groups is 3. The van der Waals surface area contributed by atoms with Crippen molar-refractivity contribution in [3.05, 3.63) is 64.1 Å². The first-order valence-electron chi connectivity index (χ1n) is 10.3. The molecule has 1 heterocycles. The van der Waals surface area contributed by atoms with Gasteiger partial charge < -0.3 is 10.2 Å². The van der Waals surface area contributed by atoms with Crippen LogP contribution in [0.4, 0.5) is 16.2 Å². The van der Waals surface area contributed by atoms with Crippen molar-refractivity contribution in [2.75, 3.05) is 29.9 Å². The quantitative estimate of drug-likeness (QED) is 0.629. The van der Waals surface area contributed by atoms with Crippen molar-refractivity contribution in [3.8, 4) is 0 Å². The first kappa shape index (κ1) is 22.6. The highest BCUT2D eigenvalue weighted by Crippen LogP contribution is 2.32. The fraction of sp³-hybridized carbons (Fsp3) is 0.292. The summed E-state index contributed by atoms with van der Waals surface area (Å²) in [5.41, 5.74) is 4.64. The van der Waals surface area contributed by atoms with Gasteiger partial charge in [-0.15, -0.1) is 0 Å². The summed E-state index contributed by atoms with van der Waals surface area (Å²) in [5.74, 6) is -0.847. The molecule has 7 heteroatoms. The van der Waals surface area contributed by atoms with Gasteiger partial charge in [0.2, 0.25) is 5.91 Å². The lowest BCUT2D eigenvalue weighted by molar-refractivity contribution is -0.127. The Kier molecular flexibility index (Phi) is 7.17. The minimum absolute atomic E-state index is 0.309. The molecular formula is C24H27N3O3S. The molecule has 162 valence electrons. The lowest BCUT2D eigenvalue weighted by Crippen LogP contribution is -2.36. The van der Waals surface area contributed by atoms with E-state index in [2.05, 4.69) is 24.1 Å². The molecule has 1 N–H and O–H groups in total. The van der Waals surface area contributed by atoms with Crippen LogP contribution < -0.4 is 10.2 Å². The molecule has 31 heavy (non-hydrogen) atoms. The van der Waals surface area contributed by atoms with Crippen LogP contribution >= 0.6 is 11.8 Å². The number of nitrogens with one attached hydrogen (secondary N) is 1. The van der Waals surface area contributed by atoms with E-state index in [-0.39, 0.29) is 6.54 Å². The molecule has 0 aromatic heterocycles. The molecule has 3 amide bonds. The second kappa shape index (κ2) is 9.83. The number of anilines is 2. The average Bonchev–Trinajstić information content (AvgIpc) is 3.01. The zero-order valence-electron chi connectivity index (χ0n) is 18.3. The van der Waals surface area contributed by atoms with Crippen molar-refractivity contribution in [2.24, 2.45) is 0 Å². The lowest BCUT2D eigenvalue weighted by Gasteiger charge is -2.20. The van der Waals surface area contributed by atoms with Gasteiger partial charge in [0.1, 0.15) is 6.54 Å². The van der Waals surface area contributed by atoms with Crippen molar-refractivity contribution in [2.45, 2.75) is 27.7 Å². The van der Waals surface area contributed by atoms with Gasteiger partial charge >= 0.3 is 0 Å². The number of aryl methyl sites for hydroxylation is 1. The van der Waals surface area contributed by atoms with Crippen LogP contribution in [0.1, 0.15) is 30.5 Å². The number of hydrogen-bond acceptors (Lipinski definition) is 5. The minimum atomic E-state index is -0.445. The van der Waals surface area contributed by atoms with E-state index in [4.69, 9.17) is 0 Å². The van der Waals surface area contributed by atoms with Crippen LogP contribution in [0, 0.1) is 13.8 Å². The molecule has 0 atom stereocenters. The lowest BCUT2D eigenvalue weighted by atomic mass is 10.1. The Balaban J connectivity index is 1.69. The van der Waals surface area contributed by atoms with Crippen molar-refractivity contribution in [1.82, 2.24) is 4.90 Å². The van der Waals surface area contributed by atoms with Crippen LogP contribution in [-0.4, -0.2) is 41.6 Å². The maximum Gasteiger partial charge on any atom is 0.294 e. The third-order valence-corrected chi connectivity index (χ3v) is 6.28. The fourth-order valence-corrected chi connectivity index (χ4v) is 4.22. The Labute approximate surface area is 187 Å². The van der Waals surface area contributed by atoms with E-state index in [1.807, 2.05) is 50.2 Å².